The van der Waals surface area contributed by atoms with Crippen LogP contribution in [-0.2, 0) is 0 Å². The van der Waals surface area contributed by atoms with Gasteiger partial charge in [-0.15, -0.1) is 5.11 Å². The molecule has 0 radical (unpaired) electrons. The maximum Gasteiger partial charge on any atom is 0.272 e. The Bertz CT molecular complexity index is 994. The first kappa shape index (κ1) is 20.2. The molecule has 0 atom stereocenters. The Labute approximate surface area is 161 Å². The maximum absolute atomic E-state index is 11.4. The van der Waals surface area contributed by atoms with E-state index < -0.39 is 4.92 Å². The molecule has 0 amide bonds. The highest BCUT2D eigenvalue weighted by atomic mass is 16.6. The molecule has 140 valence electrons. The number of nitriles is 2. The number of nitrogens with zero attached hydrogens (tertiary/aromatic N) is 6. The van der Waals surface area contributed by atoms with E-state index in [0.29, 0.717) is 11.3 Å². The van der Waals surface area contributed by atoms with Gasteiger partial charge in [-0.3, -0.25) is 14.9 Å². The number of nitro groups is 1. The molecule has 0 aliphatic carbocycles. The molecule has 0 heterocycles. The van der Waals surface area contributed by atoms with E-state index in [1.165, 1.54) is 0 Å². The van der Waals surface area contributed by atoms with Gasteiger partial charge in [-0.1, -0.05) is 0 Å². The van der Waals surface area contributed by atoms with Crippen molar-refractivity contribution >= 4 is 29.0 Å². The van der Waals surface area contributed by atoms with E-state index in [0.717, 1.165) is 37.2 Å². The number of aldehydes is 1. The zero-order valence-corrected chi connectivity index (χ0v) is 15.3. The Hall–Kier alpha value is -4.11. The van der Waals surface area contributed by atoms with Crippen LogP contribution in [0.4, 0.5) is 22.7 Å². The summed E-state index contributed by atoms with van der Waals surface area (Å²) < 4.78 is 0. The Morgan fingerprint density at radius 3 is 2.18 bits per heavy atom. The monoisotopic (exact) mass is 376 g/mol. The maximum atomic E-state index is 11.4. The van der Waals surface area contributed by atoms with Crippen LogP contribution < -0.4 is 4.90 Å². The number of anilines is 1. The van der Waals surface area contributed by atoms with Crippen LogP contribution in [0.15, 0.2) is 40.6 Å². The van der Waals surface area contributed by atoms with Gasteiger partial charge in [-0.25, -0.2) is 0 Å². The summed E-state index contributed by atoms with van der Waals surface area (Å²) in [6.07, 6.45) is 0.722. The van der Waals surface area contributed by atoms with Crippen molar-refractivity contribution in [1.29, 1.82) is 10.5 Å². The second-order valence-corrected chi connectivity index (χ2v) is 5.60. The van der Waals surface area contributed by atoms with Gasteiger partial charge in [-0.2, -0.15) is 15.6 Å². The number of benzene rings is 2. The minimum Gasteiger partial charge on any atom is -0.372 e. The van der Waals surface area contributed by atoms with Crippen molar-refractivity contribution in [3.05, 3.63) is 57.1 Å². The first-order valence-electron chi connectivity index (χ1n) is 8.37. The predicted molar refractivity (Wildman–Crippen MR) is 102 cm³/mol. The van der Waals surface area contributed by atoms with E-state index in [9.17, 15) is 25.4 Å². The van der Waals surface area contributed by atoms with Crippen molar-refractivity contribution in [2.75, 3.05) is 18.0 Å². The number of rotatable bonds is 7. The molecule has 0 bridgehead atoms. The topological polar surface area (TPSA) is 136 Å². The lowest BCUT2D eigenvalue weighted by Gasteiger charge is -2.22. The van der Waals surface area contributed by atoms with E-state index in [4.69, 9.17) is 0 Å². The molecule has 0 saturated heterocycles. The van der Waals surface area contributed by atoms with Gasteiger partial charge in [0.15, 0.2) is 6.29 Å². The standard InChI is InChI=1S/C19H16N6O3/c1-3-24(4-2)18-6-5-16(7-15(18)12-26)22-23-19-13(10-20)8-17(25(27)28)9-14(19)11-21/h5-9,12H,3-4H2,1-2H3. The van der Waals surface area contributed by atoms with E-state index in [-0.39, 0.29) is 22.5 Å². The van der Waals surface area contributed by atoms with Gasteiger partial charge in [0.25, 0.3) is 5.69 Å². The van der Waals surface area contributed by atoms with Crippen LogP contribution in [0.5, 0.6) is 0 Å². The van der Waals surface area contributed by atoms with Crippen LogP contribution in [-0.4, -0.2) is 24.3 Å². The summed E-state index contributed by atoms with van der Waals surface area (Å²) in [5.41, 5.74) is 0.850. The minimum absolute atomic E-state index is 0.0592. The molecule has 2 aromatic carbocycles. The zero-order chi connectivity index (χ0) is 20.7. The third kappa shape index (κ3) is 4.17. The molecule has 0 aliphatic rings. The van der Waals surface area contributed by atoms with Gasteiger partial charge < -0.3 is 4.90 Å². The average Bonchev–Trinajstić information content (AvgIpc) is 2.72. The van der Waals surface area contributed by atoms with Crippen molar-refractivity contribution < 1.29 is 9.72 Å². The lowest BCUT2D eigenvalue weighted by atomic mass is 10.1. The molecular weight excluding hydrogens is 360 g/mol. The van der Waals surface area contributed by atoms with E-state index in [2.05, 4.69) is 10.2 Å². The van der Waals surface area contributed by atoms with Crippen LogP contribution in [0.2, 0.25) is 0 Å². The molecule has 0 unspecified atom stereocenters. The second kappa shape index (κ2) is 9.01. The smallest absolute Gasteiger partial charge is 0.272 e. The van der Waals surface area contributed by atoms with Crippen LogP contribution in [0.1, 0.15) is 35.3 Å². The molecule has 0 saturated carbocycles. The van der Waals surface area contributed by atoms with Gasteiger partial charge in [0.05, 0.1) is 21.7 Å². The fourth-order valence-electron chi connectivity index (χ4n) is 2.66. The largest absolute Gasteiger partial charge is 0.372 e. The predicted octanol–water partition coefficient (Wildman–Crippen LogP) is 4.41. The summed E-state index contributed by atoms with van der Waals surface area (Å²) >= 11 is 0. The summed E-state index contributed by atoms with van der Waals surface area (Å²) in [5.74, 6) is 0. The molecular formula is C19H16N6O3. The first-order chi connectivity index (χ1) is 13.5. The van der Waals surface area contributed by atoms with Crippen LogP contribution in [0, 0.1) is 32.8 Å². The third-order valence-electron chi connectivity index (χ3n) is 4.05. The fraction of sp³-hybridized carbons (Fsp3) is 0.211. The number of nitro benzene ring substituents is 1. The van der Waals surface area contributed by atoms with E-state index in [1.54, 1.807) is 30.3 Å². The van der Waals surface area contributed by atoms with Crippen LogP contribution in [0.25, 0.3) is 0 Å². The lowest BCUT2D eigenvalue weighted by Crippen LogP contribution is -2.22. The van der Waals surface area contributed by atoms with Gasteiger partial charge in [0.2, 0.25) is 0 Å². The quantitative estimate of drug-likeness (QED) is 0.304. The number of carbonyl (C=O) groups excluding carboxylic acids is 1. The highest BCUT2D eigenvalue weighted by Gasteiger charge is 2.17. The first-order valence-corrected chi connectivity index (χ1v) is 8.37. The van der Waals surface area contributed by atoms with E-state index >= 15 is 0 Å². The fourth-order valence-corrected chi connectivity index (χ4v) is 2.66. The summed E-state index contributed by atoms with van der Waals surface area (Å²) in [5, 5.41) is 37.4. The van der Waals surface area contributed by atoms with Gasteiger partial charge in [0.1, 0.15) is 17.8 Å². The second-order valence-electron chi connectivity index (χ2n) is 5.60. The van der Waals surface area contributed by atoms with Crippen molar-refractivity contribution in [2.45, 2.75) is 13.8 Å². The zero-order valence-electron chi connectivity index (χ0n) is 15.3. The van der Waals surface area contributed by atoms with Crippen molar-refractivity contribution in [2.24, 2.45) is 10.2 Å². The molecule has 28 heavy (non-hydrogen) atoms. The number of hydrogen-bond acceptors (Lipinski definition) is 8. The minimum atomic E-state index is -0.690. The Morgan fingerprint density at radius 1 is 1.11 bits per heavy atom. The average molecular weight is 376 g/mol. The Balaban J connectivity index is 2.49. The van der Waals surface area contributed by atoms with Crippen molar-refractivity contribution in [3.8, 4) is 12.1 Å². The van der Waals surface area contributed by atoms with Crippen LogP contribution in [0.3, 0.4) is 0 Å². The molecule has 2 rings (SSSR count). The van der Waals surface area contributed by atoms with Gasteiger partial charge in [-0.05, 0) is 32.0 Å². The SMILES string of the molecule is CCN(CC)c1ccc(N=Nc2c(C#N)cc([N+](=O)[O-])cc2C#N)cc1C=O. The number of carbonyl (C=O) groups is 1. The summed E-state index contributed by atoms with van der Waals surface area (Å²) in [7, 11) is 0. The molecule has 0 aliphatic heterocycles. The molecule has 0 spiro atoms. The van der Waals surface area contributed by atoms with Gasteiger partial charge >= 0.3 is 0 Å². The third-order valence-corrected chi connectivity index (χ3v) is 4.05. The Morgan fingerprint density at radius 2 is 1.71 bits per heavy atom. The van der Waals surface area contributed by atoms with Crippen LogP contribution >= 0.6 is 0 Å². The molecule has 0 fully saturated rings. The summed E-state index contributed by atoms with van der Waals surface area (Å²) in [6, 6.07) is 10.6. The normalized spacial score (nSPS) is 10.3. The number of non-ortho nitro benzene ring substituents is 1. The Kier molecular flexibility index (Phi) is 6.50. The van der Waals surface area contributed by atoms with E-state index in [1.807, 2.05) is 18.7 Å². The summed E-state index contributed by atoms with van der Waals surface area (Å²) in [4.78, 5) is 23.7. The van der Waals surface area contributed by atoms with Crippen molar-refractivity contribution in [3.63, 3.8) is 0 Å². The molecule has 0 aromatic heterocycles. The summed E-state index contributed by atoms with van der Waals surface area (Å²) in [6.45, 7) is 5.43. The molecule has 9 nitrogen and oxygen atoms in total. The molecule has 9 heteroatoms. The van der Waals surface area contributed by atoms with Gasteiger partial charge in [0, 0.05) is 36.5 Å². The lowest BCUT2D eigenvalue weighted by molar-refractivity contribution is -0.384. The number of hydrogen-bond donors (Lipinski definition) is 0. The number of azo groups is 1. The molecule has 2 aromatic rings. The molecule has 0 N–H and O–H groups in total. The van der Waals surface area contributed by atoms with Crippen molar-refractivity contribution in [1.82, 2.24) is 0 Å². The highest BCUT2D eigenvalue weighted by Crippen LogP contribution is 2.31. The highest BCUT2D eigenvalue weighted by molar-refractivity contribution is 5.86.